The maximum atomic E-state index is 5.94. The number of rotatable bonds is 5. The van der Waals surface area contributed by atoms with Crippen molar-refractivity contribution in [3.8, 4) is 0 Å². The van der Waals surface area contributed by atoms with Gasteiger partial charge < -0.3 is 10.6 Å². The van der Waals surface area contributed by atoms with Crippen molar-refractivity contribution in [1.29, 1.82) is 0 Å². The molecule has 0 amide bonds. The molecule has 0 saturated heterocycles. The highest BCUT2D eigenvalue weighted by molar-refractivity contribution is 9.10. The first-order chi connectivity index (χ1) is 7.19. The van der Waals surface area contributed by atoms with Gasteiger partial charge in [-0.3, -0.25) is 0 Å². The number of hydrogen-bond donors (Lipinski definition) is 1. The third kappa shape index (κ3) is 3.38. The lowest BCUT2D eigenvalue weighted by atomic mass is 10.3. The summed E-state index contributed by atoms with van der Waals surface area (Å²) in [6.45, 7) is 6.27. The third-order valence-electron chi connectivity index (χ3n) is 2.32. The normalized spacial score (nSPS) is 10.3. The van der Waals surface area contributed by atoms with Crippen LogP contribution in [0.1, 0.15) is 26.7 Å². The average Bonchev–Trinajstić information content (AvgIpc) is 2.21. The van der Waals surface area contributed by atoms with E-state index in [2.05, 4.69) is 39.7 Å². The van der Waals surface area contributed by atoms with Gasteiger partial charge in [-0.15, -0.1) is 0 Å². The molecule has 0 fully saturated rings. The maximum Gasteiger partial charge on any atom is 0.151 e. The molecule has 1 aromatic rings. The average molecular weight is 272 g/mol. The van der Waals surface area contributed by atoms with Crippen LogP contribution in [0.15, 0.2) is 16.7 Å². The van der Waals surface area contributed by atoms with E-state index >= 15 is 0 Å². The van der Waals surface area contributed by atoms with Crippen LogP contribution in [-0.2, 0) is 0 Å². The van der Waals surface area contributed by atoms with Crippen LogP contribution in [0, 0.1) is 0 Å². The first kappa shape index (κ1) is 12.3. The van der Waals surface area contributed by atoms with Gasteiger partial charge in [-0.1, -0.05) is 13.3 Å². The lowest BCUT2D eigenvalue weighted by Crippen LogP contribution is -2.25. The fourth-order valence-corrected chi connectivity index (χ4v) is 1.82. The molecule has 0 aliphatic carbocycles. The quantitative estimate of drug-likeness (QED) is 0.895. The van der Waals surface area contributed by atoms with Gasteiger partial charge in [0, 0.05) is 23.8 Å². The van der Waals surface area contributed by atoms with Crippen molar-refractivity contribution in [2.75, 3.05) is 23.7 Å². The molecule has 1 heterocycles. The molecule has 0 saturated carbocycles. The highest BCUT2D eigenvalue weighted by Crippen LogP contribution is 2.23. The molecule has 15 heavy (non-hydrogen) atoms. The summed E-state index contributed by atoms with van der Waals surface area (Å²) in [6.07, 6.45) is 4.15. The molecule has 2 N–H and O–H groups in total. The van der Waals surface area contributed by atoms with E-state index in [-0.39, 0.29) is 0 Å². The van der Waals surface area contributed by atoms with Crippen LogP contribution in [0.25, 0.3) is 0 Å². The first-order valence-electron chi connectivity index (χ1n) is 5.35. The van der Waals surface area contributed by atoms with Gasteiger partial charge in [-0.05, 0) is 35.3 Å². The summed E-state index contributed by atoms with van der Waals surface area (Å²) in [4.78, 5) is 6.57. The molecule has 0 spiro atoms. The number of nitrogens with zero attached hydrogens (tertiary/aromatic N) is 2. The molecule has 0 unspecified atom stereocenters. The van der Waals surface area contributed by atoms with Crippen LogP contribution in [0.3, 0.4) is 0 Å². The zero-order valence-corrected chi connectivity index (χ0v) is 10.9. The van der Waals surface area contributed by atoms with Crippen LogP contribution in [-0.4, -0.2) is 18.1 Å². The predicted octanol–water partition coefficient (Wildman–Crippen LogP) is 3.05. The van der Waals surface area contributed by atoms with Gasteiger partial charge in [0.05, 0.1) is 5.69 Å². The standard InChI is InChI=1S/C11H18BrN3/c1-3-5-6-15(4-2)11-10(13)7-9(12)8-14-11/h7-8H,3-6,13H2,1-2H3. The molecular weight excluding hydrogens is 254 g/mol. The Balaban J connectivity index is 2.81. The Bertz CT molecular complexity index is 315. The van der Waals surface area contributed by atoms with Crippen molar-refractivity contribution < 1.29 is 0 Å². The summed E-state index contributed by atoms with van der Waals surface area (Å²) >= 11 is 3.36. The fraction of sp³-hybridized carbons (Fsp3) is 0.545. The van der Waals surface area contributed by atoms with Gasteiger partial charge in [0.2, 0.25) is 0 Å². The number of unbranched alkanes of at least 4 members (excludes halogenated alkanes) is 1. The maximum absolute atomic E-state index is 5.94. The number of anilines is 2. The Morgan fingerprint density at radius 2 is 2.20 bits per heavy atom. The smallest absolute Gasteiger partial charge is 0.151 e. The molecule has 0 aromatic carbocycles. The minimum Gasteiger partial charge on any atom is -0.396 e. The molecule has 1 rings (SSSR count). The lowest BCUT2D eigenvalue weighted by Gasteiger charge is -2.23. The summed E-state index contributed by atoms with van der Waals surface area (Å²) in [5.41, 5.74) is 6.67. The zero-order valence-electron chi connectivity index (χ0n) is 9.33. The van der Waals surface area contributed by atoms with Gasteiger partial charge in [-0.25, -0.2) is 4.98 Å². The molecule has 4 heteroatoms. The largest absolute Gasteiger partial charge is 0.396 e. The molecule has 0 aliphatic heterocycles. The molecule has 3 nitrogen and oxygen atoms in total. The Labute approximate surface area is 99.8 Å². The van der Waals surface area contributed by atoms with E-state index in [0.717, 1.165) is 29.1 Å². The summed E-state index contributed by atoms with van der Waals surface area (Å²) in [5, 5.41) is 0. The van der Waals surface area contributed by atoms with Crippen LogP contribution in [0.2, 0.25) is 0 Å². The predicted molar refractivity (Wildman–Crippen MR) is 69.1 cm³/mol. The second kappa shape index (κ2) is 5.95. The summed E-state index contributed by atoms with van der Waals surface area (Å²) in [7, 11) is 0. The molecule has 0 atom stereocenters. The Hall–Kier alpha value is -0.770. The number of nitrogen functional groups attached to an aromatic ring is 1. The Kier molecular flexibility index (Phi) is 4.88. The summed E-state index contributed by atoms with van der Waals surface area (Å²) < 4.78 is 0.926. The third-order valence-corrected chi connectivity index (χ3v) is 2.76. The van der Waals surface area contributed by atoms with E-state index in [9.17, 15) is 0 Å². The Morgan fingerprint density at radius 3 is 2.73 bits per heavy atom. The van der Waals surface area contributed by atoms with E-state index < -0.39 is 0 Å². The van der Waals surface area contributed by atoms with Crippen molar-refractivity contribution in [1.82, 2.24) is 4.98 Å². The molecule has 84 valence electrons. The summed E-state index contributed by atoms with van der Waals surface area (Å²) in [6, 6.07) is 1.90. The van der Waals surface area contributed by atoms with Gasteiger partial charge in [-0.2, -0.15) is 0 Å². The number of nitrogens with two attached hydrogens (primary N) is 1. The van der Waals surface area contributed by atoms with Crippen LogP contribution >= 0.6 is 15.9 Å². The molecule has 0 aliphatic rings. The highest BCUT2D eigenvalue weighted by Gasteiger charge is 2.08. The number of hydrogen-bond acceptors (Lipinski definition) is 3. The second-order valence-corrected chi connectivity index (χ2v) is 4.42. The zero-order chi connectivity index (χ0) is 11.3. The van der Waals surface area contributed by atoms with E-state index in [1.54, 1.807) is 6.20 Å². The fourth-order valence-electron chi connectivity index (χ4n) is 1.47. The topological polar surface area (TPSA) is 42.2 Å². The van der Waals surface area contributed by atoms with Crippen LogP contribution < -0.4 is 10.6 Å². The molecule has 0 radical (unpaired) electrons. The van der Waals surface area contributed by atoms with Crippen molar-refractivity contribution in [2.45, 2.75) is 26.7 Å². The monoisotopic (exact) mass is 271 g/mol. The van der Waals surface area contributed by atoms with Crippen molar-refractivity contribution in [2.24, 2.45) is 0 Å². The lowest BCUT2D eigenvalue weighted by molar-refractivity contribution is 0.725. The van der Waals surface area contributed by atoms with Gasteiger partial charge >= 0.3 is 0 Å². The van der Waals surface area contributed by atoms with Crippen molar-refractivity contribution >= 4 is 27.4 Å². The van der Waals surface area contributed by atoms with E-state index in [4.69, 9.17) is 5.73 Å². The first-order valence-corrected chi connectivity index (χ1v) is 6.14. The van der Waals surface area contributed by atoms with Crippen molar-refractivity contribution in [3.05, 3.63) is 16.7 Å². The molecular formula is C11H18BrN3. The SMILES string of the molecule is CCCCN(CC)c1ncc(Br)cc1N. The minimum atomic E-state index is 0.738. The van der Waals surface area contributed by atoms with Crippen molar-refractivity contribution in [3.63, 3.8) is 0 Å². The van der Waals surface area contributed by atoms with Crippen LogP contribution in [0.5, 0.6) is 0 Å². The number of aromatic nitrogens is 1. The summed E-state index contributed by atoms with van der Waals surface area (Å²) in [5.74, 6) is 0.897. The Morgan fingerprint density at radius 1 is 1.47 bits per heavy atom. The minimum absolute atomic E-state index is 0.738. The molecule has 0 bridgehead atoms. The second-order valence-electron chi connectivity index (χ2n) is 3.50. The van der Waals surface area contributed by atoms with Crippen LogP contribution in [0.4, 0.5) is 11.5 Å². The molecule has 1 aromatic heterocycles. The van der Waals surface area contributed by atoms with E-state index in [1.165, 1.54) is 12.8 Å². The highest BCUT2D eigenvalue weighted by atomic mass is 79.9. The van der Waals surface area contributed by atoms with Gasteiger partial charge in [0.15, 0.2) is 5.82 Å². The number of halogens is 1. The number of pyridine rings is 1. The van der Waals surface area contributed by atoms with E-state index in [0.29, 0.717) is 0 Å². The van der Waals surface area contributed by atoms with Gasteiger partial charge in [0.1, 0.15) is 0 Å². The van der Waals surface area contributed by atoms with Gasteiger partial charge in [0.25, 0.3) is 0 Å². The van der Waals surface area contributed by atoms with E-state index in [1.807, 2.05) is 6.07 Å².